The maximum absolute atomic E-state index is 3.97. The van der Waals surface area contributed by atoms with Crippen LogP contribution in [-0.2, 0) is 0 Å². The number of rotatable bonds is 3. The second-order valence-corrected chi connectivity index (χ2v) is 3.95. The molecule has 3 rings (SSSR count). The summed E-state index contributed by atoms with van der Waals surface area (Å²) in [5.41, 5.74) is 0. The Morgan fingerprint density at radius 3 is 3.08 bits per heavy atom. The van der Waals surface area contributed by atoms with Crippen LogP contribution in [0.25, 0.3) is 0 Å². The van der Waals surface area contributed by atoms with Gasteiger partial charge in [0, 0.05) is 6.04 Å². The van der Waals surface area contributed by atoms with Gasteiger partial charge in [-0.1, -0.05) is 0 Å². The third-order valence-corrected chi connectivity index (χ3v) is 2.91. The number of nitrogens with one attached hydrogen (secondary N) is 2. The third kappa shape index (κ3) is 1.09. The normalized spacial score (nSPS) is 33.3. The van der Waals surface area contributed by atoms with Gasteiger partial charge in [-0.25, -0.2) is 4.98 Å². The van der Waals surface area contributed by atoms with Crippen LogP contribution < -0.4 is 5.32 Å². The molecular formula is C9H13N3. The fraction of sp³-hybridized carbons (Fsp3) is 0.667. The molecule has 64 valence electrons. The standard InChI is InChI=1S/C9H13N3/c1-2-6(1)7-3-8(7)12-9-4-10-5-11-9/h4-8,12H,1-3H2,(H,10,11)/t7-,8?/m1/s1. The molecule has 2 N–H and O–H groups in total. The highest BCUT2D eigenvalue weighted by molar-refractivity contribution is 5.35. The predicted octanol–water partition coefficient (Wildman–Crippen LogP) is 1.62. The van der Waals surface area contributed by atoms with E-state index >= 15 is 0 Å². The largest absolute Gasteiger partial charge is 0.367 e. The number of H-pyrrole nitrogens is 1. The van der Waals surface area contributed by atoms with Crippen molar-refractivity contribution in [1.82, 2.24) is 9.97 Å². The summed E-state index contributed by atoms with van der Waals surface area (Å²) in [7, 11) is 0. The van der Waals surface area contributed by atoms with E-state index in [4.69, 9.17) is 0 Å². The number of aromatic nitrogens is 2. The van der Waals surface area contributed by atoms with E-state index in [-0.39, 0.29) is 0 Å². The second-order valence-electron chi connectivity index (χ2n) is 3.95. The van der Waals surface area contributed by atoms with Gasteiger partial charge in [0.05, 0.1) is 12.5 Å². The number of anilines is 1. The average molecular weight is 163 g/mol. The van der Waals surface area contributed by atoms with Crippen molar-refractivity contribution in [3.05, 3.63) is 12.5 Å². The molecule has 2 fully saturated rings. The topological polar surface area (TPSA) is 40.7 Å². The van der Waals surface area contributed by atoms with Crippen LogP contribution in [-0.4, -0.2) is 16.0 Å². The first-order chi connectivity index (χ1) is 5.93. The van der Waals surface area contributed by atoms with Crippen molar-refractivity contribution in [1.29, 1.82) is 0 Å². The van der Waals surface area contributed by atoms with E-state index in [0.29, 0.717) is 0 Å². The van der Waals surface area contributed by atoms with Gasteiger partial charge >= 0.3 is 0 Å². The average Bonchev–Trinajstić information content (AvgIpc) is 2.91. The van der Waals surface area contributed by atoms with Crippen molar-refractivity contribution < 1.29 is 0 Å². The lowest BCUT2D eigenvalue weighted by Crippen LogP contribution is -2.05. The molecule has 0 bridgehead atoms. The number of nitrogens with zero attached hydrogens (tertiary/aromatic N) is 1. The Bertz CT molecular complexity index is 263. The molecule has 0 spiro atoms. The first-order valence-corrected chi connectivity index (χ1v) is 4.68. The van der Waals surface area contributed by atoms with Gasteiger partial charge in [-0.15, -0.1) is 0 Å². The number of hydrogen-bond donors (Lipinski definition) is 2. The summed E-state index contributed by atoms with van der Waals surface area (Å²) in [6.45, 7) is 0. The van der Waals surface area contributed by atoms with E-state index in [1.54, 1.807) is 6.33 Å². The molecule has 1 aromatic heterocycles. The van der Waals surface area contributed by atoms with Crippen LogP contribution in [0.5, 0.6) is 0 Å². The van der Waals surface area contributed by atoms with Crippen molar-refractivity contribution in [3.63, 3.8) is 0 Å². The maximum Gasteiger partial charge on any atom is 0.123 e. The van der Waals surface area contributed by atoms with Crippen LogP contribution in [0.15, 0.2) is 12.5 Å². The van der Waals surface area contributed by atoms with Crippen LogP contribution in [0.3, 0.4) is 0 Å². The Balaban J connectivity index is 1.57. The lowest BCUT2D eigenvalue weighted by molar-refractivity contribution is 0.697. The van der Waals surface area contributed by atoms with Crippen molar-refractivity contribution in [2.75, 3.05) is 5.32 Å². The van der Waals surface area contributed by atoms with E-state index < -0.39 is 0 Å². The molecule has 0 amide bonds. The molecule has 0 aromatic carbocycles. The Morgan fingerprint density at radius 1 is 1.50 bits per heavy atom. The first-order valence-electron chi connectivity index (χ1n) is 4.68. The smallest absolute Gasteiger partial charge is 0.123 e. The molecule has 0 radical (unpaired) electrons. The van der Waals surface area contributed by atoms with Gasteiger partial charge < -0.3 is 10.3 Å². The summed E-state index contributed by atoms with van der Waals surface area (Å²) in [5, 5.41) is 3.45. The molecule has 2 aliphatic rings. The minimum absolute atomic E-state index is 0.734. The highest BCUT2D eigenvalue weighted by atomic mass is 15.1. The minimum Gasteiger partial charge on any atom is -0.367 e. The number of hydrogen-bond acceptors (Lipinski definition) is 2. The van der Waals surface area contributed by atoms with Crippen LogP contribution in [0.4, 0.5) is 5.82 Å². The fourth-order valence-electron chi connectivity index (χ4n) is 1.96. The van der Waals surface area contributed by atoms with Gasteiger partial charge in [-0.05, 0) is 31.1 Å². The van der Waals surface area contributed by atoms with Gasteiger partial charge in [0.25, 0.3) is 0 Å². The molecule has 2 atom stereocenters. The van der Waals surface area contributed by atoms with Crippen LogP contribution in [0.2, 0.25) is 0 Å². The molecule has 2 aliphatic carbocycles. The maximum atomic E-state index is 3.97. The van der Waals surface area contributed by atoms with Crippen molar-refractivity contribution >= 4 is 5.82 Å². The molecule has 0 saturated heterocycles. The van der Waals surface area contributed by atoms with Crippen LogP contribution in [0, 0.1) is 11.8 Å². The highest BCUT2D eigenvalue weighted by Crippen LogP contribution is 2.50. The summed E-state index contributed by atoms with van der Waals surface area (Å²) in [6.07, 6.45) is 7.86. The summed E-state index contributed by atoms with van der Waals surface area (Å²) < 4.78 is 0. The summed E-state index contributed by atoms with van der Waals surface area (Å²) >= 11 is 0. The number of aromatic amines is 1. The number of imidazole rings is 1. The van der Waals surface area contributed by atoms with Crippen molar-refractivity contribution in [2.45, 2.75) is 25.3 Å². The summed E-state index contributed by atoms with van der Waals surface area (Å²) in [4.78, 5) is 7.04. The molecular weight excluding hydrogens is 150 g/mol. The van der Waals surface area contributed by atoms with E-state index in [0.717, 1.165) is 23.7 Å². The monoisotopic (exact) mass is 163 g/mol. The minimum atomic E-state index is 0.734. The molecule has 12 heavy (non-hydrogen) atoms. The fourth-order valence-corrected chi connectivity index (χ4v) is 1.96. The van der Waals surface area contributed by atoms with E-state index in [1.165, 1.54) is 19.3 Å². The molecule has 1 unspecified atom stereocenters. The summed E-state index contributed by atoms with van der Waals surface area (Å²) in [6, 6.07) is 0.734. The zero-order valence-corrected chi connectivity index (χ0v) is 6.96. The quantitative estimate of drug-likeness (QED) is 0.711. The van der Waals surface area contributed by atoms with Crippen LogP contribution >= 0.6 is 0 Å². The van der Waals surface area contributed by atoms with Crippen molar-refractivity contribution in [2.24, 2.45) is 11.8 Å². The highest BCUT2D eigenvalue weighted by Gasteiger charge is 2.47. The first kappa shape index (κ1) is 6.52. The lowest BCUT2D eigenvalue weighted by atomic mass is 10.3. The van der Waals surface area contributed by atoms with Gasteiger partial charge in [0.2, 0.25) is 0 Å². The van der Waals surface area contributed by atoms with E-state index in [9.17, 15) is 0 Å². The van der Waals surface area contributed by atoms with Gasteiger partial charge in [0.15, 0.2) is 0 Å². The third-order valence-electron chi connectivity index (χ3n) is 2.91. The van der Waals surface area contributed by atoms with E-state index in [2.05, 4.69) is 15.3 Å². The van der Waals surface area contributed by atoms with Crippen molar-refractivity contribution in [3.8, 4) is 0 Å². The molecule has 2 saturated carbocycles. The molecule has 1 heterocycles. The van der Waals surface area contributed by atoms with Crippen LogP contribution in [0.1, 0.15) is 19.3 Å². The zero-order valence-electron chi connectivity index (χ0n) is 6.96. The van der Waals surface area contributed by atoms with Gasteiger partial charge in [0.1, 0.15) is 5.82 Å². The van der Waals surface area contributed by atoms with Gasteiger partial charge in [-0.2, -0.15) is 0 Å². The zero-order chi connectivity index (χ0) is 7.97. The Labute approximate surface area is 71.6 Å². The Hall–Kier alpha value is -0.990. The second kappa shape index (κ2) is 2.25. The van der Waals surface area contributed by atoms with E-state index in [1.807, 2.05) is 6.20 Å². The Morgan fingerprint density at radius 2 is 2.42 bits per heavy atom. The predicted molar refractivity (Wildman–Crippen MR) is 46.8 cm³/mol. The molecule has 3 nitrogen and oxygen atoms in total. The molecule has 0 aliphatic heterocycles. The Kier molecular flexibility index (Phi) is 1.22. The van der Waals surface area contributed by atoms with Gasteiger partial charge in [-0.3, -0.25) is 0 Å². The molecule has 3 heteroatoms. The summed E-state index contributed by atoms with van der Waals surface area (Å²) in [5.74, 6) is 3.09. The SMILES string of the molecule is c1ncc(NC2C[C@@H]2C2CC2)[nH]1. The molecule has 1 aromatic rings. The lowest BCUT2D eigenvalue weighted by Gasteiger charge is -2.00.